The Morgan fingerprint density at radius 1 is 1.11 bits per heavy atom. The van der Waals surface area contributed by atoms with Gasteiger partial charge in [-0.3, -0.25) is 9.59 Å². The molecule has 0 aromatic heterocycles. The monoisotopic (exact) mass is 480 g/mol. The summed E-state index contributed by atoms with van der Waals surface area (Å²) in [4.78, 5) is 26.6. The van der Waals surface area contributed by atoms with E-state index in [1.807, 2.05) is 61.5 Å². The minimum absolute atomic E-state index is 0.0981. The van der Waals surface area contributed by atoms with Gasteiger partial charge >= 0.3 is 0 Å². The highest BCUT2D eigenvalue weighted by Crippen LogP contribution is 2.14. The molecular formula is C21H25IN2O3. The molecule has 0 aliphatic rings. The molecule has 0 aliphatic heterocycles. The highest BCUT2D eigenvalue weighted by molar-refractivity contribution is 14.1. The fourth-order valence-electron chi connectivity index (χ4n) is 2.65. The first-order valence-corrected chi connectivity index (χ1v) is 10.1. The van der Waals surface area contributed by atoms with Crippen molar-refractivity contribution in [2.75, 3.05) is 19.7 Å². The number of hydrogen-bond acceptors (Lipinski definition) is 3. The molecule has 0 saturated heterocycles. The van der Waals surface area contributed by atoms with Crippen molar-refractivity contribution < 1.29 is 14.3 Å². The van der Waals surface area contributed by atoms with Gasteiger partial charge in [0.2, 0.25) is 5.91 Å². The van der Waals surface area contributed by atoms with Crippen molar-refractivity contribution in [1.29, 1.82) is 0 Å². The maximum Gasteiger partial charge on any atom is 0.261 e. The van der Waals surface area contributed by atoms with E-state index >= 15 is 0 Å². The summed E-state index contributed by atoms with van der Waals surface area (Å²) in [6.45, 7) is 4.50. The lowest BCUT2D eigenvalue weighted by Gasteiger charge is -2.28. The van der Waals surface area contributed by atoms with E-state index in [0.29, 0.717) is 25.3 Å². The van der Waals surface area contributed by atoms with E-state index in [4.69, 9.17) is 4.74 Å². The first-order valence-electron chi connectivity index (χ1n) is 9.00. The molecule has 0 unspecified atom stereocenters. The lowest BCUT2D eigenvalue weighted by Crippen LogP contribution is -2.50. The van der Waals surface area contributed by atoms with Crippen molar-refractivity contribution in [3.05, 3.63) is 63.7 Å². The van der Waals surface area contributed by atoms with E-state index in [2.05, 4.69) is 27.9 Å². The minimum atomic E-state index is -0.554. The van der Waals surface area contributed by atoms with Crippen LogP contribution in [0.25, 0.3) is 0 Å². The number of nitrogens with zero attached hydrogens (tertiary/aromatic N) is 1. The quantitative estimate of drug-likeness (QED) is 0.561. The average molecular weight is 480 g/mol. The van der Waals surface area contributed by atoms with Crippen molar-refractivity contribution in [2.24, 2.45) is 0 Å². The van der Waals surface area contributed by atoms with Crippen molar-refractivity contribution in [1.82, 2.24) is 10.2 Å². The second-order valence-corrected chi connectivity index (χ2v) is 7.38. The molecule has 6 heteroatoms. The lowest BCUT2D eigenvalue weighted by atomic mass is 10.1. The Kier molecular flexibility index (Phi) is 8.57. The van der Waals surface area contributed by atoms with Crippen LogP contribution in [-0.4, -0.2) is 42.5 Å². The van der Waals surface area contributed by atoms with Crippen molar-refractivity contribution in [3.8, 4) is 5.75 Å². The molecule has 2 aromatic carbocycles. The largest absolute Gasteiger partial charge is 0.484 e. The third kappa shape index (κ3) is 6.86. The Balaban J connectivity index is 2.03. The Morgan fingerprint density at radius 2 is 1.78 bits per heavy atom. The van der Waals surface area contributed by atoms with Crippen LogP contribution < -0.4 is 10.1 Å². The molecule has 0 heterocycles. The second kappa shape index (κ2) is 10.9. The first-order chi connectivity index (χ1) is 13.0. The minimum Gasteiger partial charge on any atom is -0.484 e. The third-order valence-electron chi connectivity index (χ3n) is 4.18. The molecule has 0 fully saturated rings. The van der Waals surface area contributed by atoms with Crippen molar-refractivity contribution in [3.63, 3.8) is 0 Å². The van der Waals surface area contributed by atoms with Gasteiger partial charge in [-0.15, -0.1) is 0 Å². The van der Waals surface area contributed by atoms with Gasteiger partial charge in [0.05, 0.1) is 0 Å². The van der Waals surface area contributed by atoms with Crippen LogP contribution in [0.5, 0.6) is 5.75 Å². The maximum atomic E-state index is 12.8. The second-order valence-electron chi connectivity index (χ2n) is 6.14. The Bertz CT molecular complexity index is 735. The number of hydrogen-bond donors (Lipinski definition) is 1. The zero-order valence-corrected chi connectivity index (χ0v) is 17.8. The van der Waals surface area contributed by atoms with E-state index in [-0.39, 0.29) is 18.4 Å². The number of benzene rings is 2. The fourth-order valence-corrected chi connectivity index (χ4v) is 3.01. The summed E-state index contributed by atoms with van der Waals surface area (Å²) in [6, 6.07) is 16.9. The number of ether oxygens (including phenoxy) is 1. The van der Waals surface area contributed by atoms with Crippen LogP contribution in [0.3, 0.4) is 0 Å². The third-order valence-corrected chi connectivity index (χ3v) is 4.90. The summed E-state index contributed by atoms with van der Waals surface area (Å²) < 4.78 is 6.72. The number of nitrogens with one attached hydrogen (secondary N) is 1. The normalized spacial score (nSPS) is 11.5. The Hall–Kier alpha value is -2.09. The number of rotatable bonds is 9. The molecule has 2 aromatic rings. The molecule has 0 bridgehead atoms. The number of halogens is 1. The van der Waals surface area contributed by atoms with Gasteiger partial charge in [-0.2, -0.15) is 0 Å². The molecule has 0 saturated carbocycles. The number of carbonyl (C=O) groups is 2. The van der Waals surface area contributed by atoms with Crippen LogP contribution in [0.1, 0.15) is 19.4 Å². The van der Waals surface area contributed by atoms with Crippen LogP contribution in [-0.2, 0) is 16.0 Å². The van der Waals surface area contributed by atoms with Gasteiger partial charge < -0.3 is 15.0 Å². The van der Waals surface area contributed by atoms with Crippen LogP contribution in [0.15, 0.2) is 54.6 Å². The molecule has 2 rings (SSSR count). The summed E-state index contributed by atoms with van der Waals surface area (Å²) >= 11 is 2.21. The molecule has 5 nitrogen and oxygen atoms in total. The van der Waals surface area contributed by atoms with Gasteiger partial charge in [-0.1, -0.05) is 30.3 Å². The highest BCUT2D eigenvalue weighted by Gasteiger charge is 2.25. The molecule has 2 amide bonds. The summed E-state index contributed by atoms with van der Waals surface area (Å²) in [5.41, 5.74) is 1.12. The average Bonchev–Trinajstić information content (AvgIpc) is 2.68. The van der Waals surface area contributed by atoms with Crippen LogP contribution in [0.2, 0.25) is 0 Å². The topological polar surface area (TPSA) is 58.6 Å². The highest BCUT2D eigenvalue weighted by atomic mass is 127. The molecule has 0 spiro atoms. The summed E-state index contributed by atoms with van der Waals surface area (Å²) in [7, 11) is 0. The van der Waals surface area contributed by atoms with Gasteiger partial charge in [-0.05, 0) is 72.7 Å². The zero-order valence-electron chi connectivity index (χ0n) is 15.7. The summed E-state index contributed by atoms with van der Waals surface area (Å²) in [5, 5.41) is 2.78. The van der Waals surface area contributed by atoms with E-state index in [0.717, 1.165) is 9.13 Å². The number of likely N-dealkylation sites (N-methyl/N-ethyl adjacent to an activating group) is 1. The predicted molar refractivity (Wildman–Crippen MR) is 115 cm³/mol. The molecule has 144 valence electrons. The van der Waals surface area contributed by atoms with E-state index in [9.17, 15) is 9.59 Å². The van der Waals surface area contributed by atoms with E-state index in [1.165, 1.54) is 0 Å². The van der Waals surface area contributed by atoms with Gasteiger partial charge in [0.15, 0.2) is 6.61 Å². The standard InChI is InChI=1S/C21H25IN2O3/c1-3-23-21(26)16(2)24(14-13-17-7-5-4-6-8-17)20(25)15-27-19-11-9-18(22)10-12-19/h4-12,16H,3,13-15H2,1-2H3,(H,23,26)/t16-/m0/s1. The smallest absolute Gasteiger partial charge is 0.261 e. The van der Waals surface area contributed by atoms with Crippen molar-refractivity contribution in [2.45, 2.75) is 26.3 Å². The van der Waals surface area contributed by atoms with Crippen LogP contribution in [0, 0.1) is 3.57 Å². The molecular weight excluding hydrogens is 455 g/mol. The van der Waals surface area contributed by atoms with Gasteiger partial charge in [-0.25, -0.2) is 0 Å². The maximum absolute atomic E-state index is 12.8. The first kappa shape index (κ1) is 21.2. The molecule has 1 atom stereocenters. The number of amides is 2. The summed E-state index contributed by atoms with van der Waals surface area (Å²) in [5.74, 6) is 0.272. The summed E-state index contributed by atoms with van der Waals surface area (Å²) in [6.07, 6.45) is 0.680. The molecule has 0 radical (unpaired) electrons. The van der Waals surface area contributed by atoms with Gasteiger partial charge in [0.25, 0.3) is 5.91 Å². The predicted octanol–water partition coefficient (Wildman–Crippen LogP) is 3.27. The van der Waals surface area contributed by atoms with E-state index in [1.54, 1.807) is 11.8 Å². The Labute approximate surface area is 174 Å². The van der Waals surface area contributed by atoms with Gasteiger partial charge in [0.1, 0.15) is 11.8 Å². The Morgan fingerprint density at radius 3 is 2.41 bits per heavy atom. The van der Waals surface area contributed by atoms with Crippen LogP contribution >= 0.6 is 22.6 Å². The molecule has 27 heavy (non-hydrogen) atoms. The zero-order chi connectivity index (χ0) is 19.6. The number of carbonyl (C=O) groups excluding carboxylic acids is 2. The van der Waals surface area contributed by atoms with Crippen molar-refractivity contribution >= 4 is 34.4 Å². The van der Waals surface area contributed by atoms with E-state index < -0.39 is 6.04 Å². The van der Waals surface area contributed by atoms with Crippen LogP contribution in [0.4, 0.5) is 0 Å². The van der Waals surface area contributed by atoms with Gasteiger partial charge in [0, 0.05) is 16.7 Å². The molecule has 1 N–H and O–H groups in total. The SMILES string of the molecule is CCNC(=O)[C@H](C)N(CCc1ccccc1)C(=O)COc1ccc(I)cc1. The lowest BCUT2D eigenvalue weighted by molar-refractivity contribution is -0.141. The fraction of sp³-hybridized carbons (Fsp3) is 0.333. The molecule has 0 aliphatic carbocycles.